The number of hydrogen-bond donors (Lipinski definition) is 1. The summed E-state index contributed by atoms with van der Waals surface area (Å²) in [5, 5.41) is 0. The molecule has 0 radical (unpaired) electrons. The fourth-order valence-electron chi connectivity index (χ4n) is 0.0702. The van der Waals surface area contributed by atoms with E-state index in [4.69, 9.17) is 4.55 Å². The van der Waals surface area contributed by atoms with Gasteiger partial charge in [-0.25, -0.2) is 4.21 Å². The molecule has 0 bridgehead atoms. The first-order valence-corrected chi connectivity index (χ1v) is 3.55. The van der Waals surface area contributed by atoms with Crippen molar-refractivity contribution in [3.8, 4) is 0 Å². The molecule has 0 aliphatic heterocycles. The Morgan fingerprint density at radius 3 is 2.00 bits per heavy atom. The maximum atomic E-state index is 9.38. The van der Waals surface area contributed by atoms with Gasteiger partial charge < -0.3 is 5.98 Å². The molecule has 1 unspecified atom stereocenters. The minimum absolute atomic E-state index is 0. The zero-order valence-electron chi connectivity index (χ0n) is 5.30. The van der Waals surface area contributed by atoms with Crippen molar-refractivity contribution >= 4 is 21.8 Å². The van der Waals surface area contributed by atoms with E-state index in [-0.39, 0.29) is 31.0 Å². The van der Waals surface area contributed by atoms with Gasteiger partial charge in [0.25, 0.3) is 0 Å². The van der Waals surface area contributed by atoms with E-state index in [0.717, 1.165) is 0 Å². The van der Waals surface area contributed by atoms with Gasteiger partial charge in [0.1, 0.15) is 11.4 Å². The SMILES string of the molecule is O=S([O-])OS(=O)(=O)O.[H-].[Na+]. The summed E-state index contributed by atoms with van der Waals surface area (Å²) >= 11 is -3.22. The van der Waals surface area contributed by atoms with Gasteiger partial charge in [0.05, 0.1) is 0 Å². The second-order valence-electron chi connectivity index (χ2n) is 0.700. The van der Waals surface area contributed by atoms with Gasteiger partial charge in [-0.1, -0.05) is 0 Å². The Hall–Kier alpha value is 0.980. The smallest absolute Gasteiger partial charge is 1.00 e. The van der Waals surface area contributed by atoms with Crippen LogP contribution in [-0.4, -0.2) is 21.7 Å². The van der Waals surface area contributed by atoms with Crippen molar-refractivity contribution in [2.75, 3.05) is 0 Å². The molecular formula is H2NaO6S2-. The van der Waals surface area contributed by atoms with Crippen LogP contribution in [0.5, 0.6) is 0 Å². The summed E-state index contributed by atoms with van der Waals surface area (Å²) in [5.41, 5.74) is 0. The molecule has 0 aromatic rings. The predicted octanol–water partition coefficient (Wildman–Crippen LogP) is -4.28. The first-order valence-electron chi connectivity index (χ1n) is 1.18. The van der Waals surface area contributed by atoms with E-state index in [0.29, 0.717) is 0 Å². The predicted molar refractivity (Wildman–Crippen MR) is 22.7 cm³/mol. The Labute approximate surface area is 77.8 Å². The summed E-state index contributed by atoms with van der Waals surface area (Å²) in [6, 6.07) is 0. The fourth-order valence-corrected chi connectivity index (χ4v) is 0.632. The first kappa shape index (κ1) is 12.6. The van der Waals surface area contributed by atoms with Gasteiger partial charge in [0, 0.05) is 0 Å². The molecular weight excluding hydrogens is 183 g/mol. The molecule has 0 aromatic heterocycles. The van der Waals surface area contributed by atoms with Crippen molar-refractivity contribution in [1.29, 1.82) is 0 Å². The van der Waals surface area contributed by atoms with Crippen LogP contribution in [-0.2, 0) is 25.4 Å². The number of hydrogen-bond acceptors (Lipinski definition) is 5. The normalized spacial score (nSPS) is 14.0. The molecule has 0 aliphatic carbocycles. The second kappa shape index (κ2) is 4.74. The van der Waals surface area contributed by atoms with Crippen LogP contribution < -0.4 is 29.6 Å². The van der Waals surface area contributed by atoms with Crippen LogP contribution >= 0.6 is 0 Å². The maximum absolute atomic E-state index is 9.38. The molecule has 0 saturated carbocycles. The molecule has 1 atom stereocenters. The third-order valence-corrected chi connectivity index (χ3v) is 1.27. The Kier molecular flexibility index (Phi) is 6.66. The van der Waals surface area contributed by atoms with Crippen LogP contribution in [0.1, 0.15) is 1.43 Å². The second-order valence-corrected chi connectivity index (χ2v) is 2.51. The average Bonchev–Trinajstić information content (AvgIpc) is 1.21. The Morgan fingerprint density at radius 2 is 2.00 bits per heavy atom. The van der Waals surface area contributed by atoms with E-state index >= 15 is 0 Å². The third-order valence-electron chi connectivity index (χ3n) is 0.142. The van der Waals surface area contributed by atoms with E-state index in [1.54, 1.807) is 0 Å². The monoisotopic (exact) mass is 185 g/mol. The first-order chi connectivity index (χ1) is 3.42. The standard InChI is InChI=1S/Na.H2O6S2.H/c;1-7(2)6-8(3,4)5;/h;(H,1,2)(H,3,4,5);/q+1;;-1/p-1. The van der Waals surface area contributed by atoms with Gasteiger partial charge in [0.15, 0.2) is 0 Å². The minimum Gasteiger partial charge on any atom is -1.00 e. The van der Waals surface area contributed by atoms with Crippen LogP contribution in [0.15, 0.2) is 0 Å². The van der Waals surface area contributed by atoms with Crippen LogP contribution in [0.2, 0.25) is 0 Å². The number of rotatable bonds is 2. The largest absolute Gasteiger partial charge is 1.00 e. The van der Waals surface area contributed by atoms with Crippen LogP contribution in [0, 0.1) is 0 Å². The zero-order valence-corrected chi connectivity index (χ0v) is 7.94. The summed E-state index contributed by atoms with van der Waals surface area (Å²) in [7, 11) is -4.84. The summed E-state index contributed by atoms with van der Waals surface area (Å²) in [6.07, 6.45) is 0. The molecule has 1 N–H and O–H groups in total. The molecule has 6 nitrogen and oxygen atoms in total. The van der Waals surface area contributed by atoms with Crippen molar-refractivity contribution in [3.05, 3.63) is 0 Å². The van der Waals surface area contributed by atoms with E-state index in [9.17, 15) is 17.2 Å². The molecule has 0 aliphatic rings. The van der Waals surface area contributed by atoms with Gasteiger partial charge in [-0.05, 0) is 0 Å². The topological polar surface area (TPSA) is 104 Å². The van der Waals surface area contributed by atoms with Crippen LogP contribution in [0.3, 0.4) is 0 Å². The molecule has 0 amide bonds. The van der Waals surface area contributed by atoms with Crippen molar-refractivity contribution in [2.24, 2.45) is 0 Å². The van der Waals surface area contributed by atoms with Gasteiger partial charge >= 0.3 is 40.0 Å². The molecule has 0 fully saturated rings. The molecule has 0 rings (SSSR count). The fraction of sp³-hybridized carbons (Fsp3) is 0. The molecule has 0 spiro atoms. The minimum atomic E-state index is -4.84. The molecule has 52 valence electrons. The van der Waals surface area contributed by atoms with Gasteiger partial charge in [-0.2, -0.15) is 12.0 Å². The molecule has 0 aromatic carbocycles. The van der Waals surface area contributed by atoms with Crippen LogP contribution in [0.4, 0.5) is 0 Å². The van der Waals surface area contributed by atoms with E-state index < -0.39 is 21.8 Å². The van der Waals surface area contributed by atoms with E-state index in [1.807, 2.05) is 0 Å². The summed E-state index contributed by atoms with van der Waals surface area (Å²) in [6.45, 7) is 0. The van der Waals surface area contributed by atoms with Gasteiger partial charge in [-0.3, -0.25) is 4.55 Å². The summed E-state index contributed by atoms with van der Waals surface area (Å²) < 4.78 is 47.7. The Balaban J connectivity index is -0.000000245. The van der Waals surface area contributed by atoms with Crippen molar-refractivity contribution < 1.29 is 56.3 Å². The van der Waals surface area contributed by atoms with E-state index in [1.165, 1.54) is 0 Å². The van der Waals surface area contributed by atoms with Crippen molar-refractivity contribution in [1.82, 2.24) is 0 Å². The van der Waals surface area contributed by atoms with Crippen molar-refractivity contribution in [2.45, 2.75) is 0 Å². The molecule has 9 heavy (non-hydrogen) atoms. The third kappa shape index (κ3) is 12.2. The summed E-state index contributed by atoms with van der Waals surface area (Å²) in [4.78, 5) is 0. The van der Waals surface area contributed by atoms with Gasteiger partial charge in [0.2, 0.25) is 0 Å². The Morgan fingerprint density at radius 1 is 1.67 bits per heavy atom. The zero-order chi connectivity index (χ0) is 6.78. The average molecular weight is 185 g/mol. The van der Waals surface area contributed by atoms with E-state index in [2.05, 4.69) is 3.63 Å². The van der Waals surface area contributed by atoms with Crippen LogP contribution in [0.25, 0.3) is 0 Å². The van der Waals surface area contributed by atoms with Crippen molar-refractivity contribution in [3.63, 3.8) is 0 Å². The molecule has 0 saturated heterocycles. The maximum Gasteiger partial charge on any atom is 1.00 e. The quantitative estimate of drug-likeness (QED) is 0.265. The van der Waals surface area contributed by atoms with Gasteiger partial charge in [-0.15, -0.1) is 0 Å². The molecule has 0 heterocycles. The summed E-state index contributed by atoms with van der Waals surface area (Å²) in [5.74, 6) is 0. The Bertz CT molecular complexity index is 182. The molecule has 9 heteroatoms.